The quantitative estimate of drug-likeness (QED) is 0.0291. The first-order valence-electron chi connectivity index (χ1n) is 17.6. The second-order valence-electron chi connectivity index (χ2n) is 12.6. The third-order valence-electron chi connectivity index (χ3n) is 9.17. The van der Waals surface area contributed by atoms with Crippen molar-refractivity contribution in [2.24, 2.45) is 10.1 Å². The van der Waals surface area contributed by atoms with Gasteiger partial charge in [-0.3, -0.25) is 10.2 Å². The van der Waals surface area contributed by atoms with Crippen LogP contribution >= 0.6 is 0 Å². The molecule has 1 aliphatic heterocycles. The van der Waals surface area contributed by atoms with Crippen molar-refractivity contribution in [2.75, 3.05) is 34.5 Å². The maximum absolute atomic E-state index is 14.9. The first-order chi connectivity index (χ1) is 26.9. The topological polar surface area (TPSA) is 169 Å². The number of carbonyl (C=O) groups is 1. The number of carbonyl (C=O) groups excluding carboxylic acids is 1. The van der Waals surface area contributed by atoms with Gasteiger partial charge < -0.3 is 28.8 Å². The predicted octanol–water partition coefficient (Wildman–Crippen LogP) is 7.40. The Morgan fingerprint density at radius 2 is 1.53 bits per heavy atom. The van der Waals surface area contributed by atoms with Crippen molar-refractivity contribution in [3.05, 3.63) is 148 Å². The van der Waals surface area contributed by atoms with E-state index in [0.717, 1.165) is 16.7 Å². The highest BCUT2D eigenvalue weighted by atomic mass is 16.5. The van der Waals surface area contributed by atoms with Crippen LogP contribution in [-0.2, 0) is 22.5 Å². The van der Waals surface area contributed by atoms with Gasteiger partial charge in [0.05, 0.1) is 27.9 Å². The summed E-state index contributed by atoms with van der Waals surface area (Å²) in [5.41, 5.74) is 18.9. The van der Waals surface area contributed by atoms with Crippen LogP contribution in [0.5, 0.6) is 23.0 Å². The number of hydrazine groups is 1. The second kappa shape index (κ2) is 18.0. The normalized spacial score (nSPS) is 15.9. The highest BCUT2D eigenvalue weighted by Crippen LogP contribution is 2.44. The van der Waals surface area contributed by atoms with Crippen LogP contribution < -0.4 is 29.8 Å². The molecule has 55 heavy (non-hydrogen) atoms. The number of azide groups is 1. The number of nitrogens with zero attached hydrogens (tertiary/aromatic N) is 4. The van der Waals surface area contributed by atoms with Crippen molar-refractivity contribution in [3.8, 4) is 34.1 Å². The Labute approximate surface area is 319 Å². The maximum atomic E-state index is 14.9. The molecule has 0 bridgehead atoms. The SMILES string of the molecule is COc1cc(CNNC(=O)[C@@]2(Cc3ccccc3N=[N+]=[N-])N=C(c3ccc(OCCCO)cc3)O[C@H]2c2ccc(-c3ccccc3)cc2)cc(OC)c1OC. The number of hydrogen-bond acceptors (Lipinski definition) is 10. The Kier molecular flexibility index (Phi) is 12.5. The molecule has 2 atom stereocenters. The Hall–Kier alpha value is -6.53. The van der Waals surface area contributed by atoms with Crippen LogP contribution in [0, 0.1) is 0 Å². The fourth-order valence-electron chi connectivity index (χ4n) is 6.43. The van der Waals surface area contributed by atoms with E-state index in [0.29, 0.717) is 58.4 Å². The summed E-state index contributed by atoms with van der Waals surface area (Å²) in [6, 6.07) is 35.7. The van der Waals surface area contributed by atoms with E-state index in [1.165, 1.54) is 21.3 Å². The van der Waals surface area contributed by atoms with Crippen LogP contribution in [0.4, 0.5) is 5.69 Å². The Morgan fingerprint density at radius 3 is 2.18 bits per heavy atom. The molecule has 0 saturated heterocycles. The number of nitrogens with one attached hydrogen (secondary N) is 2. The molecular weight excluding hydrogens is 700 g/mol. The molecule has 0 saturated carbocycles. The van der Waals surface area contributed by atoms with Crippen molar-refractivity contribution in [1.29, 1.82) is 0 Å². The number of aliphatic imine (C=N–C) groups is 1. The van der Waals surface area contributed by atoms with Crippen LogP contribution in [0.25, 0.3) is 21.6 Å². The molecule has 0 unspecified atom stereocenters. The lowest BCUT2D eigenvalue weighted by molar-refractivity contribution is -0.130. The number of methoxy groups -OCH3 is 3. The van der Waals surface area contributed by atoms with E-state index in [1.807, 2.05) is 78.9 Å². The van der Waals surface area contributed by atoms with Gasteiger partial charge in [-0.05, 0) is 69.7 Å². The van der Waals surface area contributed by atoms with E-state index < -0.39 is 17.6 Å². The average Bonchev–Trinajstić information content (AvgIpc) is 3.62. The molecule has 3 N–H and O–H groups in total. The molecule has 5 aromatic carbocycles. The van der Waals surface area contributed by atoms with E-state index in [-0.39, 0.29) is 25.5 Å². The fraction of sp³-hybridized carbons (Fsp3) is 0.238. The van der Waals surface area contributed by atoms with Crippen molar-refractivity contribution < 1.29 is 33.6 Å². The van der Waals surface area contributed by atoms with Gasteiger partial charge in [0.1, 0.15) is 5.75 Å². The first-order valence-corrected chi connectivity index (χ1v) is 17.6. The van der Waals surface area contributed by atoms with Gasteiger partial charge in [-0.15, -0.1) is 0 Å². The molecule has 0 aliphatic carbocycles. The summed E-state index contributed by atoms with van der Waals surface area (Å²) in [7, 11) is 4.60. The Bertz CT molecular complexity index is 2130. The molecule has 0 aromatic heterocycles. The largest absolute Gasteiger partial charge is 0.494 e. The summed E-state index contributed by atoms with van der Waals surface area (Å²) in [6.45, 7) is 0.589. The average molecular weight is 743 g/mol. The number of ether oxygens (including phenoxy) is 5. The van der Waals surface area contributed by atoms with Gasteiger partial charge in [-0.2, -0.15) is 0 Å². The van der Waals surface area contributed by atoms with Crippen LogP contribution in [0.1, 0.15) is 34.8 Å². The van der Waals surface area contributed by atoms with Gasteiger partial charge in [0.2, 0.25) is 11.6 Å². The number of rotatable bonds is 17. The molecular formula is C42H42N6O7. The lowest BCUT2D eigenvalue weighted by Gasteiger charge is -2.31. The molecule has 0 radical (unpaired) electrons. The van der Waals surface area contributed by atoms with Crippen LogP contribution in [0.2, 0.25) is 0 Å². The molecule has 282 valence electrons. The van der Waals surface area contributed by atoms with Crippen LogP contribution in [-0.4, -0.2) is 57.0 Å². The molecule has 13 nitrogen and oxygen atoms in total. The van der Waals surface area contributed by atoms with Gasteiger partial charge in [0, 0.05) is 42.2 Å². The molecule has 5 aromatic rings. The Morgan fingerprint density at radius 1 is 0.873 bits per heavy atom. The molecule has 6 rings (SSSR count). The third-order valence-corrected chi connectivity index (χ3v) is 9.17. The van der Waals surface area contributed by atoms with Crippen molar-refractivity contribution >= 4 is 17.5 Å². The summed E-state index contributed by atoms with van der Waals surface area (Å²) in [5.74, 6) is 1.78. The van der Waals surface area contributed by atoms with Gasteiger partial charge >= 0.3 is 0 Å². The molecule has 1 heterocycles. The van der Waals surface area contributed by atoms with Gasteiger partial charge in [-0.25, -0.2) is 10.4 Å². The Balaban J connectivity index is 1.41. The summed E-state index contributed by atoms with van der Waals surface area (Å²) < 4.78 is 29.0. The second-order valence-corrected chi connectivity index (χ2v) is 12.6. The highest BCUT2D eigenvalue weighted by Gasteiger charge is 2.53. The number of hydrogen-bond donors (Lipinski definition) is 3. The van der Waals surface area contributed by atoms with Crippen molar-refractivity contribution in [3.63, 3.8) is 0 Å². The monoisotopic (exact) mass is 742 g/mol. The van der Waals surface area contributed by atoms with Crippen LogP contribution in [0.3, 0.4) is 0 Å². The maximum Gasteiger partial charge on any atom is 0.266 e. The minimum absolute atomic E-state index is 0.0246. The van der Waals surface area contributed by atoms with Crippen molar-refractivity contribution in [2.45, 2.75) is 31.0 Å². The van der Waals surface area contributed by atoms with E-state index in [2.05, 4.69) is 20.9 Å². The van der Waals surface area contributed by atoms with Gasteiger partial charge in [0.25, 0.3) is 5.91 Å². The lowest BCUT2D eigenvalue weighted by Crippen LogP contribution is -2.53. The smallest absolute Gasteiger partial charge is 0.266 e. The van der Waals surface area contributed by atoms with Crippen LogP contribution in [0.15, 0.2) is 125 Å². The summed E-state index contributed by atoms with van der Waals surface area (Å²) in [5, 5.41) is 13.1. The molecule has 0 fully saturated rings. The zero-order valence-electron chi connectivity index (χ0n) is 30.8. The molecule has 1 aliphatic rings. The summed E-state index contributed by atoms with van der Waals surface area (Å²) in [6.07, 6.45) is -0.378. The zero-order chi connectivity index (χ0) is 38.6. The number of aliphatic hydroxyl groups is 1. The van der Waals surface area contributed by atoms with E-state index in [1.54, 1.807) is 36.4 Å². The molecule has 13 heteroatoms. The third kappa shape index (κ3) is 8.66. The minimum atomic E-state index is -1.59. The predicted molar refractivity (Wildman–Crippen MR) is 209 cm³/mol. The lowest BCUT2D eigenvalue weighted by atomic mass is 9.81. The summed E-state index contributed by atoms with van der Waals surface area (Å²) >= 11 is 0. The first kappa shape index (κ1) is 38.2. The van der Waals surface area contributed by atoms with E-state index in [4.69, 9.17) is 33.8 Å². The minimum Gasteiger partial charge on any atom is -0.494 e. The summed E-state index contributed by atoms with van der Waals surface area (Å²) in [4.78, 5) is 23.0. The standard InChI is InChI=1S/C42H42N6O7/c1-51-36-24-28(25-37(52-2)38(36)53-3)27-44-47-41(50)42(26-33-12-7-8-13-35(33)46-48-43)39(31-16-14-30(15-17-31)29-10-5-4-6-11-29)55-40(45-42)32-18-20-34(21-19-32)54-23-9-22-49/h4-8,10-21,24-25,39,44,49H,9,22-23,26-27H2,1-3H3,(H,47,50)/t39-,42-/m0/s1. The number of benzene rings is 5. The zero-order valence-corrected chi connectivity index (χ0v) is 30.8. The molecule has 1 amide bonds. The van der Waals surface area contributed by atoms with Gasteiger partial charge in [0.15, 0.2) is 23.1 Å². The van der Waals surface area contributed by atoms with E-state index >= 15 is 0 Å². The number of amides is 1. The number of aliphatic hydroxyl groups excluding tert-OH is 1. The highest BCUT2D eigenvalue weighted by molar-refractivity contribution is 6.01. The van der Waals surface area contributed by atoms with Crippen molar-refractivity contribution in [1.82, 2.24) is 10.9 Å². The van der Waals surface area contributed by atoms with E-state index in [9.17, 15) is 10.3 Å². The fourth-order valence-corrected chi connectivity index (χ4v) is 6.43. The van der Waals surface area contributed by atoms with Gasteiger partial charge in [-0.1, -0.05) is 84.0 Å². The molecule has 0 spiro atoms.